The summed E-state index contributed by atoms with van der Waals surface area (Å²) in [7, 11) is 0. The van der Waals surface area contributed by atoms with Crippen LogP contribution in [0.2, 0.25) is 10.0 Å². The second-order valence-corrected chi connectivity index (χ2v) is 5.70. The summed E-state index contributed by atoms with van der Waals surface area (Å²) < 4.78 is 5.70. The molecular formula is C14H21Cl2N3O. The molecule has 0 spiro atoms. The highest BCUT2D eigenvalue weighted by atomic mass is 35.5. The van der Waals surface area contributed by atoms with Gasteiger partial charge in [0, 0.05) is 19.7 Å². The maximum absolute atomic E-state index is 6.15. The van der Waals surface area contributed by atoms with Crippen molar-refractivity contribution in [2.75, 3.05) is 30.3 Å². The van der Waals surface area contributed by atoms with Crippen molar-refractivity contribution < 1.29 is 4.74 Å². The third kappa shape index (κ3) is 4.40. The fourth-order valence-corrected chi connectivity index (χ4v) is 2.76. The fourth-order valence-electron chi connectivity index (χ4n) is 2.27. The molecule has 1 aliphatic rings. The van der Waals surface area contributed by atoms with E-state index in [0.29, 0.717) is 27.8 Å². The molecule has 6 heteroatoms. The van der Waals surface area contributed by atoms with Gasteiger partial charge in [0.25, 0.3) is 0 Å². The lowest BCUT2D eigenvalue weighted by atomic mass is 10.1. The summed E-state index contributed by atoms with van der Waals surface area (Å²) in [6.07, 6.45) is 4.91. The maximum Gasteiger partial charge on any atom is 0.147 e. The van der Waals surface area contributed by atoms with Gasteiger partial charge in [0.05, 0.1) is 16.1 Å². The van der Waals surface area contributed by atoms with Crippen molar-refractivity contribution in [3.05, 3.63) is 16.1 Å². The molecule has 112 valence electrons. The molecule has 0 aliphatic carbocycles. The lowest BCUT2D eigenvalue weighted by Gasteiger charge is -2.22. The molecular weight excluding hydrogens is 297 g/mol. The molecule has 0 amide bonds. The Morgan fingerprint density at radius 2 is 2.00 bits per heavy atom. The molecule has 1 unspecified atom stereocenters. The average molecular weight is 318 g/mol. The lowest BCUT2D eigenvalue weighted by molar-refractivity contribution is 0.0134. The predicted octanol–water partition coefficient (Wildman–Crippen LogP) is 4.19. The normalized spacial score (nSPS) is 18.9. The van der Waals surface area contributed by atoms with E-state index in [0.717, 1.165) is 32.5 Å². The van der Waals surface area contributed by atoms with Gasteiger partial charge in [-0.2, -0.15) is 0 Å². The van der Waals surface area contributed by atoms with E-state index in [1.54, 1.807) is 6.07 Å². The van der Waals surface area contributed by atoms with Gasteiger partial charge in [-0.05, 0) is 38.7 Å². The van der Waals surface area contributed by atoms with Crippen LogP contribution < -0.4 is 10.6 Å². The van der Waals surface area contributed by atoms with Crippen molar-refractivity contribution in [3.63, 3.8) is 0 Å². The number of halogens is 2. The Morgan fingerprint density at radius 3 is 2.65 bits per heavy atom. The number of pyridine rings is 1. The van der Waals surface area contributed by atoms with Crippen molar-refractivity contribution in [2.24, 2.45) is 0 Å². The quantitative estimate of drug-likeness (QED) is 0.825. The van der Waals surface area contributed by atoms with Gasteiger partial charge in [0.15, 0.2) is 0 Å². The van der Waals surface area contributed by atoms with E-state index in [1.165, 1.54) is 12.8 Å². The number of hydrogen-bond donors (Lipinski definition) is 2. The van der Waals surface area contributed by atoms with E-state index in [2.05, 4.69) is 15.6 Å². The van der Waals surface area contributed by atoms with Gasteiger partial charge in [-0.3, -0.25) is 0 Å². The van der Waals surface area contributed by atoms with Crippen LogP contribution in [-0.4, -0.2) is 30.8 Å². The van der Waals surface area contributed by atoms with Crippen molar-refractivity contribution in [1.82, 2.24) is 4.98 Å². The zero-order chi connectivity index (χ0) is 14.4. The molecule has 4 nitrogen and oxygen atoms in total. The number of rotatable bonds is 6. The van der Waals surface area contributed by atoms with Gasteiger partial charge in [0.1, 0.15) is 11.6 Å². The van der Waals surface area contributed by atoms with Gasteiger partial charge < -0.3 is 15.4 Å². The van der Waals surface area contributed by atoms with Crippen LogP contribution in [0.5, 0.6) is 0 Å². The maximum atomic E-state index is 6.15. The number of hydrogen-bond acceptors (Lipinski definition) is 4. The van der Waals surface area contributed by atoms with Gasteiger partial charge in [-0.1, -0.05) is 23.2 Å². The third-order valence-corrected chi connectivity index (χ3v) is 3.88. The molecule has 1 aromatic heterocycles. The minimum Gasteiger partial charge on any atom is -0.378 e. The molecule has 1 saturated heterocycles. The third-order valence-electron chi connectivity index (χ3n) is 3.31. The standard InChI is InChI=1S/C14H21Cl2N3O/c1-2-17-13-11(15)9-12(16)14(19-13)18-7-6-10-5-3-4-8-20-10/h9-10H,2-8H2,1H3,(H2,17,18,19). The van der Waals surface area contributed by atoms with E-state index >= 15 is 0 Å². The summed E-state index contributed by atoms with van der Waals surface area (Å²) in [6, 6.07) is 1.72. The van der Waals surface area contributed by atoms with Crippen LogP contribution >= 0.6 is 23.2 Å². The highest BCUT2D eigenvalue weighted by molar-refractivity contribution is 6.37. The molecule has 2 rings (SSSR count). The average Bonchev–Trinajstić information content (AvgIpc) is 2.45. The molecule has 1 aromatic rings. The van der Waals surface area contributed by atoms with Gasteiger partial charge in [-0.25, -0.2) is 4.98 Å². The van der Waals surface area contributed by atoms with Crippen molar-refractivity contribution in [2.45, 2.75) is 38.7 Å². The highest BCUT2D eigenvalue weighted by Gasteiger charge is 2.14. The first-order chi connectivity index (χ1) is 9.70. The lowest BCUT2D eigenvalue weighted by Crippen LogP contribution is -2.22. The Hall–Kier alpha value is -0.710. The van der Waals surface area contributed by atoms with E-state index in [4.69, 9.17) is 27.9 Å². The van der Waals surface area contributed by atoms with E-state index < -0.39 is 0 Å². The summed E-state index contributed by atoms with van der Waals surface area (Å²) in [5.41, 5.74) is 0. The fraction of sp³-hybridized carbons (Fsp3) is 0.643. The Kier molecular flexibility index (Phi) is 6.20. The van der Waals surface area contributed by atoms with Crippen molar-refractivity contribution >= 4 is 34.8 Å². The first-order valence-electron chi connectivity index (χ1n) is 7.16. The second kappa shape index (κ2) is 7.91. The Labute approximate surface area is 130 Å². The van der Waals surface area contributed by atoms with E-state index in [9.17, 15) is 0 Å². The number of nitrogens with one attached hydrogen (secondary N) is 2. The second-order valence-electron chi connectivity index (χ2n) is 4.88. The van der Waals surface area contributed by atoms with Crippen LogP contribution in [0.15, 0.2) is 6.07 Å². The zero-order valence-corrected chi connectivity index (χ0v) is 13.2. The van der Waals surface area contributed by atoms with Gasteiger partial charge in [0.2, 0.25) is 0 Å². The largest absolute Gasteiger partial charge is 0.378 e. The molecule has 2 heterocycles. The van der Waals surface area contributed by atoms with Crippen LogP contribution in [0.3, 0.4) is 0 Å². The summed E-state index contributed by atoms with van der Waals surface area (Å²) in [5.74, 6) is 1.33. The Morgan fingerprint density at radius 1 is 1.25 bits per heavy atom. The van der Waals surface area contributed by atoms with Crippen LogP contribution in [0.25, 0.3) is 0 Å². The number of ether oxygens (including phenoxy) is 1. The Bertz CT molecular complexity index is 437. The minimum absolute atomic E-state index is 0.357. The van der Waals surface area contributed by atoms with Gasteiger partial charge >= 0.3 is 0 Å². The van der Waals surface area contributed by atoms with Crippen molar-refractivity contribution in [3.8, 4) is 0 Å². The highest BCUT2D eigenvalue weighted by Crippen LogP contribution is 2.29. The van der Waals surface area contributed by atoms with Crippen LogP contribution in [0.1, 0.15) is 32.6 Å². The van der Waals surface area contributed by atoms with Crippen LogP contribution in [-0.2, 0) is 4.74 Å². The molecule has 0 radical (unpaired) electrons. The molecule has 1 atom stereocenters. The summed E-state index contributed by atoms with van der Waals surface area (Å²) in [5, 5.41) is 7.46. The smallest absolute Gasteiger partial charge is 0.147 e. The van der Waals surface area contributed by atoms with Crippen LogP contribution in [0.4, 0.5) is 11.6 Å². The molecule has 1 fully saturated rings. The summed E-state index contributed by atoms with van der Waals surface area (Å²) in [4.78, 5) is 4.42. The van der Waals surface area contributed by atoms with E-state index in [-0.39, 0.29) is 0 Å². The number of aromatic nitrogens is 1. The van der Waals surface area contributed by atoms with Crippen molar-refractivity contribution in [1.29, 1.82) is 0 Å². The SMILES string of the molecule is CCNc1nc(NCCC2CCCCO2)c(Cl)cc1Cl. The summed E-state index contributed by atoms with van der Waals surface area (Å²) >= 11 is 12.2. The molecule has 20 heavy (non-hydrogen) atoms. The first-order valence-corrected chi connectivity index (χ1v) is 7.91. The van der Waals surface area contributed by atoms with Gasteiger partial charge in [-0.15, -0.1) is 0 Å². The molecule has 0 saturated carbocycles. The predicted molar refractivity (Wildman–Crippen MR) is 85.1 cm³/mol. The minimum atomic E-state index is 0.357. The molecule has 0 aromatic carbocycles. The van der Waals surface area contributed by atoms with E-state index in [1.807, 2.05) is 6.92 Å². The molecule has 1 aliphatic heterocycles. The number of nitrogens with zero attached hydrogens (tertiary/aromatic N) is 1. The Balaban J connectivity index is 1.89. The molecule has 2 N–H and O–H groups in total. The summed E-state index contributed by atoms with van der Waals surface area (Å²) in [6.45, 7) is 4.45. The monoisotopic (exact) mass is 317 g/mol. The first kappa shape index (κ1) is 15.7. The molecule has 0 bridgehead atoms. The number of anilines is 2. The topological polar surface area (TPSA) is 46.2 Å². The van der Waals surface area contributed by atoms with Crippen LogP contribution in [0, 0.1) is 0 Å². The zero-order valence-electron chi connectivity index (χ0n) is 11.7.